The lowest BCUT2D eigenvalue weighted by molar-refractivity contribution is -0.121. The number of carbonyl (C=O) groups is 1. The first-order chi connectivity index (χ1) is 7.84. The molecule has 1 aliphatic carbocycles. The lowest BCUT2D eigenvalue weighted by Gasteiger charge is -2.15. The first-order valence-corrected chi connectivity index (χ1v) is 7.04. The van der Waals surface area contributed by atoms with E-state index in [0.717, 1.165) is 17.7 Å². The first-order valence-electron chi connectivity index (χ1n) is 6.16. The van der Waals surface area contributed by atoms with Crippen molar-refractivity contribution < 1.29 is 4.79 Å². The van der Waals surface area contributed by atoms with Gasteiger partial charge < -0.3 is 5.32 Å². The fraction of sp³-hybridized carbons (Fsp3) is 0.615. The molecule has 0 atom stereocenters. The second-order valence-electron chi connectivity index (χ2n) is 4.51. The molecule has 1 aliphatic rings. The molecule has 1 saturated carbocycles. The summed E-state index contributed by atoms with van der Waals surface area (Å²) in [5.41, 5.74) is 0. The van der Waals surface area contributed by atoms with Crippen molar-refractivity contribution in [1.82, 2.24) is 5.32 Å². The van der Waals surface area contributed by atoms with Crippen molar-refractivity contribution in [2.75, 3.05) is 0 Å². The zero-order chi connectivity index (χ0) is 11.2. The molecule has 0 unspecified atom stereocenters. The van der Waals surface area contributed by atoms with Crippen LogP contribution in [0, 0.1) is 0 Å². The average molecular weight is 237 g/mol. The summed E-state index contributed by atoms with van der Waals surface area (Å²) >= 11 is 1.66. The van der Waals surface area contributed by atoms with Crippen molar-refractivity contribution in [3.8, 4) is 0 Å². The SMILES string of the molecule is O=C(Cc1cccs1)NC1CCCCCC1. The molecule has 0 bridgehead atoms. The van der Waals surface area contributed by atoms with Crippen molar-refractivity contribution in [2.45, 2.75) is 51.0 Å². The minimum Gasteiger partial charge on any atom is -0.353 e. The van der Waals surface area contributed by atoms with Gasteiger partial charge in [-0.2, -0.15) is 0 Å². The minimum atomic E-state index is 0.189. The summed E-state index contributed by atoms with van der Waals surface area (Å²) < 4.78 is 0. The highest BCUT2D eigenvalue weighted by Crippen LogP contribution is 2.17. The van der Waals surface area contributed by atoms with Gasteiger partial charge in [0.1, 0.15) is 0 Å². The summed E-state index contributed by atoms with van der Waals surface area (Å²) in [5, 5.41) is 5.19. The molecule has 0 spiro atoms. The van der Waals surface area contributed by atoms with E-state index in [0.29, 0.717) is 12.5 Å². The van der Waals surface area contributed by atoms with Gasteiger partial charge in [-0.05, 0) is 24.3 Å². The molecule has 2 nitrogen and oxygen atoms in total. The Morgan fingerprint density at radius 2 is 2.06 bits per heavy atom. The fourth-order valence-corrected chi connectivity index (χ4v) is 2.98. The van der Waals surface area contributed by atoms with E-state index in [1.54, 1.807) is 11.3 Å². The van der Waals surface area contributed by atoms with Gasteiger partial charge in [0, 0.05) is 10.9 Å². The number of hydrogen-bond donors (Lipinski definition) is 1. The summed E-state index contributed by atoms with van der Waals surface area (Å²) in [6.07, 6.45) is 8.07. The standard InChI is InChI=1S/C13H19NOS/c15-13(10-12-8-5-9-16-12)14-11-6-3-1-2-4-7-11/h5,8-9,11H,1-4,6-7,10H2,(H,14,15). The van der Waals surface area contributed by atoms with Gasteiger partial charge in [0.05, 0.1) is 6.42 Å². The van der Waals surface area contributed by atoms with Gasteiger partial charge in [-0.25, -0.2) is 0 Å². The molecule has 0 aliphatic heterocycles. The summed E-state index contributed by atoms with van der Waals surface area (Å²) in [6.45, 7) is 0. The molecule has 16 heavy (non-hydrogen) atoms. The predicted molar refractivity (Wildman–Crippen MR) is 67.7 cm³/mol. The second-order valence-corrected chi connectivity index (χ2v) is 5.54. The van der Waals surface area contributed by atoms with Crippen LogP contribution in [0.3, 0.4) is 0 Å². The molecular formula is C13H19NOS. The van der Waals surface area contributed by atoms with Crippen molar-refractivity contribution in [1.29, 1.82) is 0 Å². The predicted octanol–water partition coefficient (Wildman–Crippen LogP) is 3.13. The smallest absolute Gasteiger partial charge is 0.225 e. The van der Waals surface area contributed by atoms with Gasteiger partial charge >= 0.3 is 0 Å². The normalized spacial score (nSPS) is 18.0. The van der Waals surface area contributed by atoms with Gasteiger partial charge in [0.15, 0.2) is 0 Å². The average Bonchev–Trinajstić information content (AvgIpc) is 2.62. The van der Waals surface area contributed by atoms with Crippen LogP contribution >= 0.6 is 11.3 Å². The molecule has 1 heterocycles. The van der Waals surface area contributed by atoms with Crippen LogP contribution in [0.15, 0.2) is 17.5 Å². The Kier molecular flexibility index (Phi) is 4.40. The highest BCUT2D eigenvalue weighted by atomic mass is 32.1. The fourth-order valence-electron chi connectivity index (χ4n) is 2.27. The molecule has 2 rings (SSSR count). The van der Waals surface area contributed by atoms with Crippen molar-refractivity contribution >= 4 is 17.2 Å². The van der Waals surface area contributed by atoms with Gasteiger partial charge in [-0.1, -0.05) is 31.7 Å². The molecule has 1 N–H and O–H groups in total. The molecule has 0 saturated heterocycles. The van der Waals surface area contributed by atoms with E-state index in [4.69, 9.17) is 0 Å². The summed E-state index contributed by atoms with van der Waals surface area (Å²) in [5.74, 6) is 0.189. The lowest BCUT2D eigenvalue weighted by Crippen LogP contribution is -2.35. The van der Waals surface area contributed by atoms with Crippen LogP contribution < -0.4 is 5.32 Å². The van der Waals surface area contributed by atoms with Gasteiger partial charge in [0.25, 0.3) is 0 Å². The van der Waals surface area contributed by atoms with Crippen LogP contribution in [0.4, 0.5) is 0 Å². The zero-order valence-electron chi connectivity index (χ0n) is 9.58. The Balaban J connectivity index is 1.77. The summed E-state index contributed by atoms with van der Waals surface area (Å²) in [7, 11) is 0. The van der Waals surface area contributed by atoms with E-state index in [1.807, 2.05) is 17.5 Å². The quantitative estimate of drug-likeness (QED) is 0.804. The van der Waals surface area contributed by atoms with E-state index in [1.165, 1.54) is 25.7 Å². The molecule has 1 aromatic heterocycles. The number of carbonyl (C=O) groups excluding carboxylic acids is 1. The van der Waals surface area contributed by atoms with Crippen molar-refractivity contribution in [2.24, 2.45) is 0 Å². The van der Waals surface area contributed by atoms with Crippen LogP contribution in [0.5, 0.6) is 0 Å². The maximum atomic E-state index is 11.8. The monoisotopic (exact) mass is 237 g/mol. The number of rotatable bonds is 3. The maximum Gasteiger partial charge on any atom is 0.225 e. The third-order valence-corrected chi connectivity index (χ3v) is 4.01. The highest BCUT2D eigenvalue weighted by Gasteiger charge is 2.14. The first kappa shape index (κ1) is 11.6. The van der Waals surface area contributed by atoms with Crippen LogP contribution in [0.2, 0.25) is 0 Å². The Morgan fingerprint density at radius 3 is 2.69 bits per heavy atom. The summed E-state index contributed by atoms with van der Waals surface area (Å²) in [6, 6.07) is 4.45. The third-order valence-electron chi connectivity index (χ3n) is 3.14. The molecule has 88 valence electrons. The molecule has 3 heteroatoms. The maximum absolute atomic E-state index is 11.8. The lowest BCUT2D eigenvalue weighted by atomic mass is 10.1. The van der Waals surface area contributed by atoms with E-state index in [-0.39, 0.29) is 5.91 Å². The van der Waals surface area contributed by atoms with Crippen molar-refractivity contribution in [3.63, 3.8) is 0 Å². The number of amides is 1. The number of nitrogens with one attached hydrogen (secondary N) is 1. The minimum absolute atomic E-state index is 0.189. The van der Waals surface area contributed by atoms with Crippen LogP contribution in [-0.4, -0.2) is 11.9 Å². The Hall–Kier alpha value is -0.830. The van der Waals surface area contributed by atoms with Crippen LogP contribution in [0.25, 0.3) is 0 Å². The van der Waals surface area contributed by atoms with E-state index >= 15 is 0 Å². The molecule has 1 amide bonds. The Bertz CT molecular complexity index is 313. The highest BCUT2D eigenvalue weighted by molar-refractivity contribution is 7.10. The van der Waals surface area contributed by atoms with Gasteiger partial charge in [-0.3, -0.25) is 4.79 Å². The van der Waals surface area contributed by atoms with Gasteiger partial charge in [0.2, 0.25) is 5.91 Å². The molecule has 0 radical (unpaired) electrons. The van der Waals surface area contributed by atoms with E-state index in [9.17, 15) is 4.79 Å². The van der Waals surface area contributed by atoms with Crippen LogP contribution in [0.1, 0.15) is 43.4 Å². The largest absolute Gasteiger partial charge is 0.353 e. The topological polar surface area (TPSA) is 29.1 Å². The summed E-state index contributed by atoms with van der Waals surface area (Å²) in [4.78, 5) is 12.9. The number of hydrogen-bond acceptors (Lipinski definition) is 2. The molecule has 0 aromatic carbocycles. The van der Waals surface area contributed by atoms with Crippen molar-refractivity contribution in [3.05, 3.63) is 22.4 Å². The molecule has 1 aromatic rings. The van der Waals surface area contributed by atoms with E-state index < -0.39 is 0 Å². The van der Waals surface area contributed by atoms with Gasteiger partial charge in [-0.15, -0.1) is 11.3 Å². The number of thiophene rings is 1. The van der Waals surface area contributed by atoms with Crippen LogP contribution in [-0.2, 0) is 11.2 Å². The zero-order valence-corrected chi connectivity index (χ0v) is 10.4. The second kappa shape index (κ2) is 6.04. The Labute approximate surface area is 101 Å². The molecule has 1 fully saturated rings. The van der Waals surface area contributed by atoms with E-state index in [2.05, 4.69) is 5.32 Å². The third kappa shape index (κ3) is 3.63. The Morgan fingerprint density at radius 1 is 1.31 bits per heavy atom. The molecular weight excluding hydrogens is 218 g/mol.